The van der Waals surface area contributed by atoms with E-state index in [0.717, 1.165) is 30.9 Å². The second kappa shape index (κ2) is 9.75. The van der Waals surface area contributed by atoms with E-state index in [1.54, 1.807) is 23.1 Å². The molecule has 1 amide bonds. The van der Waals surface area contributed by atoms with Crippen LogP contribution in [0.3, 0.4) is 0 Å². The first-order valence-corrected chi connectivity index (χ1v) is 11.9. The molecule has 0 saturated carbocycles. The summed E-state index contributed by atoms with van der Waals surface area (Å²) in [6.45, 7) is 8.26. The number of carbonyl (C=O) groups is 2. The van der Waals surface area contributed by atoms with Gasteiger partial charge in [-0.15, -0.1) is 11.3 Å². The summed E-state index contributed by atoms with van der Waals surface area (Å²) in [5, 5.41) is 13.1. The molecule has 32 heavy (non-hydrogen) atoms. The largest absolute Gasteiger partial charge is 0.507 e. The molecule has 1 atom stereocenters. The van der Waals surface area contributed by atoms with Gasteiger partial charge in [0.05, 0.1) is 11.6 Å². The van der Waals surface area contributed by atoms with Crippen molar-refractivity contribution in [1.29, 1.82) is 0 Å². The summed E-state index contributed by atoms with van der Waals surface area (Å²) >= 11 is 1.47. The van der Waals surface area contributed by atoms with Crippen LogP contribution in [-0.4, -0.2) is 66.0 Å². The average molecular weight is 457 g/mol. The number of thiophene rings is 1. The second-order valence-corrected chi connectivity index (χ2v) is 8.73. The molecule has 1 aromatic carbocycles. The van der Waals surface area contributed by atoms with Gasteiger partial charge in [0.2, 0.25) is 0 Å². The highest BCUT2D eigenvalue weighted by Gasteiger charge is 2.46. The summed E-state index contributed by atoms with van der Waals surface area (Å²) in [5.41, 5.74) is 0.550. The number of fused-ring (bicyclic) bond motifs is 1. The van der Waals surface area contributed by atoms with Crippen molar-refractivity contribution in [3.8, 4) is 11.5 Å². The molecular weight excluding hydrogens is 428 g/mol. The number of nitrogens with zero attached hydrogens (tertiary/aromatic N) is 2. The fourth-order valence-corrected chi connectivity index (χ4v) is 5.05. The molecule has 1 saturated heterocycles. The molecule has 0 bridgehead atoms. The lowest BCUT2D eigenvalue weighted by Gasteiger charge is -2.26. The van der Waals surface area contributed by atoms with Gasteiger partial charge in [0, 0.05) is 17.0 Å². The Bertz CT molecular complexity index is 1010. The highest BCUT2D eigenvalue weighted by atomic mass is 32.1. The lowest BCUT2D eigenvalue weighted by molar-refractivity contribution is -0.139. The van der Waals surface area contributed by atoms with E-state index in [1.807, 2.05) is 17.5 Å². The maximum atomic E-state index is 13.1. The average Bonchev–Trinajstić information content (AvgIpc) is 3.43. The zero-order chi connectivity index (χ0) is 22.7. The molecule has 0 unspecified atom stereocenters. The highest BCUT2D eigenvalue weighted by molar-refractivity contribution is 7.10. The molecule has 0 spiro atoms. The van der Waals surface area contributed by atoms with Gasteiger partial charge in [-0.3, -0.25) is 9.59 Å². The van der Waals surface area contributed by atoms with Crippen molar-refractivity contribution in [2.24, 2.45) is 0 Å². The van der Waals surface area contributed by atoms with E-state index in [-0.39, 0.29) is 11.3 Å². The predicted octanol–water partition coefficient (Wildman–Crippen LogP) is 3.67. The van der Waals surface area contributed by atoms with Gasteiger partial charge < -0.3 is 24.4 Å². The van der Waals surface area contributed by atoms with Crippen molar-refractivity contribution in [1.82, 2.24) is 9.80 Å². The zero-order valence-corrected chi connectivity index (χ0v) is 19.2. The van der Waals surface area contributed by atoms with Gasteiger partial charge in [-0.25, -0.2) is 0 Å². The normalized spacial score (nSPS) is 19.7. The minimum atomic E-state index is -0.654. The van der Waals surface area contributed by atoms with Gasteiger partial charge in [0.15, 0.2) is 11.5 Å². The van der Waals surface area contributed by atoms with Crippen LogP contribution in [0.5, 0.6) is 11.5 Å². The Balaban J connectivity index is 1.68. The summed E-state index contributed by atoms with van der Waals surface area (Å²) in [5.74, 6) is -0.300. The van der Waals surface area contributed by atoms with Crippen LogP contribution in [0, 0.1) is 0 Å². The molecule has 8 heteroatoms. The van der Waals surface area contributed by atoms with Crippen LogP contribution in [0.2, 0.25) is 0 Å². The molecule has 3 heterocycles. The van der Waals surface area contributed by atoms with E-state index in [0.29, 0.717) is 36.8 Å². The van der Waals surface area contributed by atoms with Crippen molar-refractivity contribution >= 4 is 28.8 Å². The smallest absolute Gasteiger partial charge is 0.295 e. The van der Waals surface area contributed by atoms with E-state index in [9.17, 15) is 14.7 Å². The molecule has 2 aliphatic heterocycles. The van der Waals surface area contributed by atoms with Crippen LogP contribution >= 0.6 is 11.3 Å². The van der Waals surface area contributed by atoms with Crippen LogP contribution in [0.4, 0.5) is 0 Å². The van der Waals surface area contributed by atoms with Crippen LogP contribution < -0.4 is 9.47 Å². The number of amides is 1. The monoisotopic (exact) mass is 456 g/mol. The summed E-state index contributed by atoms with van der Waals surface area (Å²) < 4.78 is 11.2. The maximum absolute atomic E-state index is 13.1. The number of ether oxygens (including phenoxy) is 2. The number of carbonyl (C=O) groups excluding carboxylic acids is 2. The Hall–Kier alpha value is -2.84. The van der Waals surface area contributed by atoms with Gasteiger partial charge in [-0.1, -0.05) is 19.9 Å². The topological polar surface area (TPSA) is 79.3 Å². The zero-order valence-electron chi connectivity index (χ0n) is 18.4. The lowest BCUT2D eigenvalue weighted by atomic mass is 9.99. The Morgan fingerprint density at radius 2 is 1.91 bits per heavy atom. The molecule has 1 N–H and O–H groups in total. The Kier molecular flexibility index (Phi) is 6.81. The summed E-state index contributed by atoms with van der Waals surface area (Å²) in [6, 6.07) is 8.24. The standard InChI is InChI=1S/C24H28N2O5S/c1-3-25(4-2)10-6-11-26-21(19-7-5-14-32-19)20(23(28)24(26)29)22(27)16-8-9-17-18(15-16)31-13-12-30-17/h5,7-9,14-15,21,27H,3-4,6,10-13H2,1-2H3/b22-20+/t21-/m0/s1. The molecule has 0 radical (unpaired) electrons. The fourth-order valence-electron chi connectivity index (χ4n) is 4.20. The van der Waals surface area contributed by atoms with E-state index in [1.165, 1.54) is 11.3 Å². The Morgan fingerprint density at radius 1 is 1.16 bits per heavy atom. The number of rotatable bonds is 8. The summed E-state index contributed by atoms with van der Waals surface area (Å²) in [4.78, 5) is 30.8. The third-order valence-electron chi connectivity index (χ3n) is 5.94. The van der Waals surface area contributed by atoms with E-state index < -0.39 is 17.7 Å². The summed E-state index contributed by atoms with van der Waals surface area (Å²) in [6.07, 6.45) is 0.751. The highest BCUT2D eigenvalue weighted by Crippen LogP contribution is 2.42. The molecule has 2 aromatic rings. The SMILES string of the molecule is CCN(CC)CCCN1C(=O)C(=O)/C(=C(/O)c2ccc3c(c2)OCCO3)[C@@H]1c1cccs1. The van der Waals surface area contributed by atoms with Crippen molar-refractivity contribution in [3.63, 3.8) is 0 Å². The number of Topliss-reactive ketones (excluding diaryl/α,β-unsaturated/α-hetero) is 1. The van der Waals surface area contributed by atoms with Crippen molar-refractivity contribution < 1.29 is 24.2 Å². The Morgan fingerprint density at radius 3 is 2.59 bits per heavy atom. The van der Waals surface area contributed by atoms with Gasteiger partial charge >= 0.3 is 0 Å². The van der Waals surface area contributed by atoms with Crippen LogP contribution in [0.25, 0.3) is 5.76 Å². The third kappa shape index (κ3) is 4.25. The first kappa shape index (κ1) is 22.4. The fraction of sp³-hybridized carbons (Fsp3) is 0.417. The van der Waals surface area contributed by atoms with E-state index in [2.05, 4.69) is 18.7 Å². The third-order valence-corrected chi connectivity index (χ3v) is 6.86. The van der Waals surface area contributed by atoms with Gasteiger partial charge in [0.25, 0.3) is 11.7 Å². The number of hydrogen-bond acceptors (Lipinski definition) is 7. The number of benzene rings is 1. The minimum Gasteiger partial charge on any atom is -0.507 e. The van der Waals surface area contributed by atoms with Crippen molar-refractivity contribution in [2.75, 3.05) is 39.4 Å². The molecule has 1 fully saturated rings. The first-order valence-electron chi connectivity index (χ1n) is 11.0. The Labute approximate surface area is 191 Å². The molecule has 1 aromatic heterocycles. The van der Waals surface area contributed by atoms with Gasteiger partial charge in [-0.2, -0.15) is 0 Å². The molecule has 0 aliphatic carbocycles. The van der Waals surface area contributed by atoms with Crippen LogP contribution in [-0.2, 0) is 9.59 Å². The summed E-state index contributed by atoms with van der Waals surface area (Å²) in [7, 11) is 0. The maximum Gasteiger partial charge on any atom is 0.295 e. The predicted molar refractivity (Wildman–Crippen MR) is 123 cm³/mol. The van der Waals surface area contributed by atoms with Gasteiger partial charge in [0.1, 0.15) is 19.0 Å². The number of aliphatic hydroxyl groups excluding tert-OH is 1. The molecule has 4 rings (SSSR count). The van der Waals surface area contributed by atoms with Gasteiger partial charge in [-0.05, 0) is 55.7 Å². The number of aliphatic hydroxyl groups is 1. The number of ketones is 1. The van der Waals surface area contributed by atoms with Crippen molar-refractivity contribution in [2.45, 2.75) is 26.3 Å². The first-order chi connectivity index (χ1) is 15.5. The van der Waals surface area contributed by atoms with Crippen LogP contribution in [0.15, 0.2) is 41.3 Å². The lowest BCUT2D eigenvalue weighted by Crippen LogP contribution is -2.33. The van der Waals surface area contributed by atoms with Crippen molar-refractivity contribution in [3.05, 3.63) is 51.7 Å². The molecule has 170 valence electrons. The number of likely N-dealkylation sites (tertiary alicyclic amines) is 1. The van der Waals surface area contributed by atoms with E-state index >= 15 is 0 Å². The molecule has 2 aliphatic rings. The number of hydrogen-bond donors (Lipinski definition) is 1. The minimum absolute atomic E-state index is 0.122. The quantitative estimate of drug-likeness (QED) is 0.371. The second-order valence-electron chi connectivity index (χ2n) is 7.75. The van der Waals surface area contributed by atoms with E-state index in [4.69, 9.17) is 9.47 Å². The molecule has 7 nitrogen and oxygen atoms in total. The molecular formula is C24H28N2O5S. The van der Waals surface area contributed by atoms with Crippen LogP contribution in [0.1, 0.15) is 36.8 Å².